The molecule has 0 aliphatic carbocycles. The summed E-state index contributed by atoms with van der Waals surface area (Å²) in [5.74, 6) is -2.07. The standard InChI is InChI=1S/C19H13FN2O3S/c20-12-5-1-3-10(7-12)15-16-17(26-18(15)19(24)25)13(8-14(23)22-16)11-4-2-6-21-9-11/h1-7,9,13H,8H2,(H,22,23)(H,24,25)/t13-/m0/s1. The molecule has 1 aromatic carbocycles. The van der Waals surface area contributed by atoms with Crippen LogP contribution >= 0.6 is 11.3 Å². The molecule has 0 saturated carbocycles. The SMILES string of the molecule is O=C1C[C@@H](c2cccnc2)c2sc(C(=O)O)c(-c3cccc(F)c3)c2N1. The van der Waals surface area contributed by atoms with E-state index in [-0.39, 0.29) is 23.1 Å². The highest BCUT2D eigenvalue weighted by Gasteiger charge is 2.34. The summed E-state index contributed by atoms with van der Waals surface area (Å²) < 4.78 is 13.7. The van der Waals surface area contributed by atoms with E-state index in [0.717, 1.165) is 21.8 Å². The maximum absolute atomic E-state index is 13.7. The molecule has 1 amide bonds. The molecule has 0 saturated heterocycles. The lowest BCUT2D eigenvalue weighted by Crippen LogP contribution is -2.22. The Kier molecular flexibility index (Phi) is 4.00. The lowest BCUT2D eigenvalue weighted by Gasteiger charge is -2.23. The number of benzene rings is 1. The number of anilines is 1. The van der Waals surface area contributed by atoms with E-state index in [2.05, 4.69) is 10.3 Å². The molecule has 5 nitrogen and oxygen atoms in total. The van der Waals surface area contributed by atoms with Gasteiger partial charge in [-0.15, -0.1) is 11.3 Å². The smallest absolute Gasteiger partial charge is 0.346 e. The number of carboxylic acid groups (broad SMARTS) is 1. The normalized spacial score (nSPS) is 16.0. The maximum Gasteiger partial charge on any atom is 0.346 e. The van der Waals surface area contributed by atoms with Crippen molar-refractivity contribution in [3.63, 3.8) is 0 Å². The van der Waals surface area contributed by atoms with Crippen LogP contribution in [-0.4, -0.2) is 22.0 Å². The fourth-order valence-electron chi connectivity index (χ4n) is 3.21. The number of aromatic nitrogens is 1. The summed E-state index contributed by atoms with van der Waals surface area (Å²) in [5.41, 5.74) is 2.06. The summed E-state index contributed by atoms with van der Waals surface area (Å²) >= 11 is 1.11. The summed E-state index contributed by atoms with van der Waals surface area (Å²) in [6.07, 6.45) is 3.53. The van der Waals surface area contributed by atoms with Gasteiger partial charge in [0.15, 0.2) is 0 Å². The molecule has 0 unspecified atom stereocenters. The zero-order valence-electron chi connectivity index (χ0n) is 13.4. The predicted octanol–water partition coefficient (Wildman–Crippen LogP) is 4.12. The number of carbonyl (C=O) groups excluding carboxylic acids is 1. The number of carbonyl (C=O) groups is 2. The largest absolute Gasteiger partial charge is 0.477 e. The van der Waals surface area contributed by atoms with Crippen LogP contribution < -0.4 is 5.32 Å². The second-order valence-electron chi connectivity index (χ2n) is 5.95. The quantitative estimate of drug-likeness (QED) is 0.729. The van der Waals surface area contributed by atoms with Crippen LogP contribution in [0.3, 0.4) is 0 Å². The van der Waals surface area contributed by atoms with Gasteiger partial charge in [-0.1, -0.05) is 18.2 Å². The van der Waals surface area contributed by atoms with Gasteiger partial charge in [0, 0.05) is 35.2 Å². The first-order chi connectivity index (χ1) is 12.5. The van der Waals surface area contributed by atoms with Crippen molar-refractivity contribution in [2.45, 2.75) is 12.3 Å². The van der Waals surface area contributed by atoms with Crippen LogP contribution in [0.4, 0.5) is 10.1 Å². The molecule has 1 atom stereocenters. The number of halogens is 1. The Hall–Kier alpha value is -3.06. The number of rotatable bonds is 3. The summed E-state index contributed by atoms with van der Waals surface area (Å²) in [4.78, 5) is 29.0. The third-order valence-corrected chi connectivity index (χ3v) is 5.59. The van der Waals surface area contributed by atoms with E-state index in [0.29, 0.717) is 16.8 Å². The van der Waals surface area contributed by atoms with E-state index in [1.165, 1.54) is 18.2 Å². The number of thiophene rings is 1. The van der Waals surface area contributed by atoms with Gasteiger partial charge in [0.05, 0.1) is 5.69 Å². The summed E-state index contributed by atoms with van der Waals surface area (Å²) in [7, 11) is 0. The Morgan fingerprint density at radius 3 is 2.85 bits per heavy atom. The maximum atomic E-state index is 13.7. The molecule has 1 aliphatic rings. The fraction of sp³-hybridized carbons (Fsp3) is 0.105. The molecule has 0 bridgehead atoms. The van der Waals surface area contributed by atoms with E-state index < -0.39 is 11.8 Å². The number of carboxylic acids is 1. The highest BCUT2D eigenvalue weighted by Crippen LogP contribution is 2.49. The van der Waals surface area contributed by atoms with Gasteiger partial charge in [-0.3, -0.25) is 9.78 Å². The van der Waals surface area contributed by atoms with Crippen LogP contribution in [0.25, 0.3) is 11.1 Å². The minimum absolute atomic E-state index is 0.0803. The molecule has 0 spiro atoms. The monoisotopic (exact) mass is 368 g/mol. The molecule has 4 rings (SSSR count). The summed E-state index contributed by atoms with van der Waals surface area (Å²) in [5, 5.41) is 12.4. The van der Waals surface area contributed by atoms with Crippen LogP contribution in [0.5, 0.6) is 0 Å². The highest BCUT2D eigenvalue weighted by atomic mass is 32.1. The van der Waals surface area contributed by atoms with Gasteiger partial charge in [-0.2, -0.15) is 0 Å². The molecule has 0 radical (unpaired) electrons. The minimum atomic E-state index is -1.11. The van der Waals surface area contributed by atoms with Crippen LogP contribution in [0.15, 0.2) is 48.8 Å². The number of amides is 1. The second kappa shape index (κ2) is 6.34. The number of fused-ring (bicyclic) bond motifs is 1. The first-order valence-electron chi connectivity index (χ1n) is 7.90. The van der Waals surface area contributed by atoms with E-state index in [4.69, 9.17) is 0 Å². The molecule has 26 heavy (non-hydrogen) atoms. The van der Waals surface area contributed by atoms with Crippen molar-refractivity contribution >= 4 is 28.9 Å². The zero-order valence-corrected chi connectivity index (χ0v) is 14.2. The fourth-order valence-corrected chi connectivity index (χ4v) is 4.45. The Labute approximate surface area is 152 Å². The van der Waals surface area contributed by atoms with Crippen molar-refractivity contribution < 1.29 is 19.1 Å². The lowest BCUT2D eigenvalue weighted by molar-refractivity contribution is -0.116. The average molecular weight is 368 g/mol. The Balaban J connectivity index is 1.96. The van der Waals surface area contributed by atoms with Gasteiger partial charge >= 0.3 is 5.97 Å². The first kappa shape index (κ1) is 16.4. The van der Waals surface area contributed by atoms with Crippen molar-refractivity contribution in [1.82, 2.24) is 4.98 Å². The van der Waals surface area contributed by atoms with Crippen LogP contribution in [-0.2, 0) is 4.79 Å². The van der Waals surface area contributed by atoms with Crippen molar-refractivity contribution in [2.24, 2.45) is 0 Å². The summed E-state index contributed by atoms with van der Waals surface area (Å²) in [6, 6.07) is 9.36. The lowest BCUT2D eigenvalue weighted by atomic mass is 9.89. The molecule has 2 aromatic heterocycles. The van der Waals surface area contributed by atoms with Crippen LogP contribution in [0.1, 0.15) is 32.5 Å². The molecule has 3 aromatic rings. The number of hydrogen-bond donors (Lipinski definition) is 2. The van der Waals surface area contributed by atoms with Gasteiger partial charge in [0.25, 0.3) is 0 Å². The average Bonchev–Trinajstić information content (AvgIpc) is 3.01. The number of hydrogen-bond acceptors (Lipinski definition) is 4. The second-order valence-corrected chi connectivity index (χ2v) is 7.00. The van der Waals surface area contributed by atoms with E-state index in [1.807, 2.05) is 6.07 Å². The molecular formula is C19H13FN2O3S. The predicted molar refractivity (Wildman–Crippen MR) is 96.0 cm³/mol. The van der Waals surface area contributed by atoms with Gasteiger partial charge in [0.2, 0.25) is 5.91 Å². The molecular weight excluding hydrogens is 355 g/mol. The van der Waals surface area contributed by atoms with Crippen molar-refractivity contribution in [3.05, 3.63) is 69.9 Å². The van der Waals surface area contributed by atoms with E-state index >= 15 is 0 Å². The van der Waals surface area contributed by atoms with E-state index in [9.17, 15) is 19.1 Å². The third-order valence-electron chi connectivity index (χ3n) is 4.30. The Bertz CT molecular complexity index is 1020. The molecule has 130 valence electrons. The number of nitrogens with one attached hydrogen (secondary N) is 1. The number of aromatic carboxylic acids is 1. The van der Waals surface area contributed by atoms with Crippen LogP contribution in [0, 0.1) is 5.82 Å². The van der Waals surface area contributed by atoms with Crippen molar-refractivity contribution in [1.29, 1.82) is 0 Å². The van der Waals surface area contributed by atoms with Gasteiger partial charge in [-0.25, -0.2) is 9.18 Å². The highest BCUT2D eigenvalue weighted by molar-refractivity contribution is 7.15. The number of pyridine rings is 1. The van der Waals surface area contributed by atoms with Crippen LogP contribution in [0.2, 0.25) is 0 Å². The molecule has 7 heteroatoms. The van der Waals surface area contributed by atoms with Crippen molar-refractivity contribution in [3.8, 4) is 11.1 Å². The molecule has 0 fully saturated rings. The topological polar surface area (TPSA) is 79.3 Å². The minimum Gasteiger partial charge on any atom is -0.477 e. The zero-order chi connectivity index (χ0) is 18.3. The number of nitrogens with zero attached hydrogens (tertiary/aromatic N) is 1. The molecule has 2 N–H and O–H groups in total. The van der Waals surface area contributed by atoms with Gasteiger partial charge < -0.3 is 10.4 Å². The first-order valence-corrected chi connectivity index (χ1v) is 8.72. The molecule has 1 aliphatic heterocycles. The summed E-state index contributed by atoms with van der Waals surface area (Å²) in [6.45, 7) is 0. The van der Waals surface area contributed by atoms with Gasteiger partial charge in [-0.05, 0) is 29.3 Å². The van der Waals surface area contributed by atoms with Crippen molar-refractivity contribution in [2.75, 3.05) is 5.32 Å². The molecule has 3 heterocycles. The third kappa shape index (κ3) is 2.76. The Morgan fingerprint density at radius 1 is 1.31 bits per heavy atom. The Morgan fingerprint density at radius 2 is 2.15 bits per heavy atom. The van der Waals surface area contributed by atoms with E-state index in [1.54, 1.807) is 24.5 Å². The van der Waals surface area contributed by atoms with Gasteiger partial charge in [0.1, 0.15) is 10.7 Å².